The first-order valence-corrected chi connectivity index (χ1v) is 4.43. The van der Waals surface area contributed by atoms with Gasteiger partial charge in [0.05, 0.1) is 0 Å². The van der Waals surface area contributed by atoms with Gasteiger partial charge in [-0.2, -0.15) is 13.2 Å². The summed E-state index contributed by atoms with van der Waals surface area (Å²) in [7, 11) is 0. The zero-order valence-corrected chi connectivity index (χ0v) is 8.17. The lowest BCUT2D eigenvalue weighted by Crippen LogP contribution is -2.25. The number of aromatic nitrogens is 1. The Labute approximate surface area is 85.5 Å². The third-order valence-corrected chi connectivity index (χ3v) is 1.64. The number of anilines is 1. The zero-order valence-electron chi connectivity index (χ0n) is 8.17. The lowest BCUT2D eigenvalue weighted by molar-refractivity contribution is -0.141. The molecule has 0 saturated heterocycles. The van der Waals surface area contributed by atoms with E-state index in [1.807, 2.05) is 0 Å². The summed E-state index contributed by atoms with van der Waals surface area (Å²) in [4.78, 5) is 3.42. The molecule has 84 valence electrons. The maximum Gasteiger partial charge on any atom is 0.433 e. The molecule has 1 unspecified atom stereocenters. The van der Waals surface area contributed by atoms with Crippen molar-refractivity contribution < 1.29 is 13.2 Å². The molecule has 15 heavy (non-hydrogen) atoms. The Kier molecular flexibility index (Phi) is 3.52. The molecule has 0 radical (unpaired) electrons. The van der Waals surface area contributed by atoms with E-state index >= 15 is 0 Å². The normalized spacial score (nSPS) is 13.7. The van der Waals surface area contributed by atoms with Gasteiger partial charge in [0.25, 0.3) is 0 Å². The molecule has 0 aliphatic heterocycles. The van der Waals surface area contributed by atoms with Crippen LogP contribution in [0.3, 0.4) is 0 Å². The van der Waals surface area contributed by atoms with Gasteiger partial charge in [0.1, 0.15) is 11.5 Å². The fourth-order valence-electron chi connectivity index (χ4n) is 0.957. The molecule has 6 heteroatoms. The van der Waals surface area contributed by atoms with Crippen LogP contribution in [0.25, 0.3) is 0 Å². The summed E-state index contributed by atoms with van der Waals surface area (Å²) in [6.07, 6.45) is -4.41. The van der Waals surface area contributed by atoms with E-state index in [1.54, 1.807) is 6.92 Å². The van der Waals surface area contributed by atoms with E-state index in [1.165, 1.54) is 12.1 Å². The van der Waals surface area contributed by atoms with E-state index in [9.17, 15) is 13.2 Å². The van der Waals surface area contributed by atoms with Crippen LogP contribution in [-0.2, 0) is 6.18 Å². The second-order valence-corrected chi connectivity index (χ2v) is 3.26. The van der Waals surface area contributed by atoms with E-state index in [0.717, 1.165) is 6.07 Å². The highest BCUT2D eigenvalue weighted by Crippen LogP contribution is 2.27. The molecule has 3 N–H and O–H groups in total. The third-order valence-electron chi connectivity index (χ3n) is 1.64. The molecule has 1 atom stereocenters. The van der Waals surface area contributed by atoms with Crippen molar-refractivity contribution in [2.45, 2.75) is 19.1 Å². The highest BCUT2D eigenvalue weighted by atomic mass is 19.4. The minimum absolute atomic E-state index is 0.138. The van der Waals surface area contributed by atoms with Gasteiger partial charge in [-0.25, -0.2) is 4.98 Å². The second kappa shape index (κ2) is 4.48. The monoisotopic (exact) mass is 219 g/mol. The number of rotatable bonds is 3. The van der Waals surface area contributed by atoms with Crippen molar-refractivity contribution in [3.8, 4) is 0 Å². The van der Waals surface area contributed by atoms with E-state index in [2.05, 4.69) is 10.3 Å². The predicted octanol–water partition coefficient (Wildman–Crippen LogP) is 1.86. The van der Waals surface area contributed by atoms with Crippen molar-refractivity contribution in [2.24, 2.45) is 5.73 Å². The van der Waals surface area contributed by atoms with Gasteiger partial charge in [-0.05, 0) is 19.1 Å². The van der Waals surface area contributed by atoms with Crippen molar-refractivity contribution in [1.82, 2.24) is 4.98 Å². The van der Waals surface area contributed by atoms with Crippen LogP contribution in [0.4, 0.5) is 19.0 Å². The SMILES string of the molecule is CC(N)CNc1cccc(C(F)(F)F)n1. The Hall–Kier alpha value is -1.30. The van der Waals surface area contributed by atoms with E-state index in [4.69, 9.17) is 5.73 Å². The maximum atomic E-state index is 12.3. The largest absolute Gasteiger partial charge is 0.433 e. The molecule has 1 aromatic rings. The van der Waals surface area contributed by atoms with Gasteiger partial charge in [0, 0.05) is 12.6 Å². The molecule has 0 spiro atoms. The molecule has 0 fully saturated rings. The number of hydrogen-bond donors (Lipinski definition) is 2. The summed E-state index contributed by atoms with van der Waals surface area (Å²) in [6, 6.07) is 3.56. The van der Waals surface area contributed by atoms with Gasteiger partial charge in [0.2, 0.25) is 0 Å². The van der Waals surface area contributed by atoms with Crippen LogP contribution >= 0.6 is 0 Å². The maximum absolute atomic E-state index is 12.3. The molecule has 0 bridgehead atoms. The lowest BCUT2D eigenvalue weighted by Gasteiger charge is -2.10. The molecule has 3 nitrogen and oxygen atoms in total. The Morgan fingerprint density at radius 1 is 1.47 bits per heavy atom. The Morgan fingerprint density at radius 2 is 2.13 bits per heavy atom. The molecule has 0 aromatic carbocycles. The molecule has 0 amide bonds. The standard InChI is InChI=1S/C9H12F3N3/c1-6(13)5-14-8-4-2-3-7(15-8)9(10,11)12/h2-4,6H,5,13H2,1H3,(H,14,15). The fourth-order valence-corrected chi connectivity index (χ4v) is 0.957. The minimum atomic E-state index is -4.41. The van der Waals surface area contributed by atoms with Crippen molar-refractivity contribution in [2.75, 3.05) is 11.9 Å². The van der Waals surface area contributed by atoms with E-state index in [0.29, 0.717) is 6.54 Å². The van der Waals surface area contributed by atoms with Crippen LogP contribution in [0.2, 0.25) is 0 Å². The number of nitrogens with two attached hydrogens (primary N) is 1. The van der Waals surface area contributed by atoms with Crippen LogP contribution in [-0.4, -0.2) is 17.6 Å². The van der Waals surface area contributed by atoms with Crippen molar-refractivity contribution in [3.05, 3.63) is 23.9 Å². The zero-order chi connectivity index (χ0) is 11.5. The average Bonchev–Trinajstić information content (AvgIpc) is 2.14. The summed E-state index contributed by atoms with van der Waals surface area (Å²) in [5.74, 6) is 0.183. The van der Waals surface area contributed by atoms with Crippen LogP contribution in [0.1, 0.15) is 12.6 Å². The lowest BCUT2D eigenvalue weighted by atomic mass is 10.3. The number of nitrogens with zero attached hydrogens (tertiary/aromatic N) is 1. The smallest absolute Gasteiger partial charge is 0.369 e. The summed E-state index contributed by atoms with van der Waals surface area (Å²) in [5, 5.41) is 2.72. The number of alkyl halides is 3. The molecule has 0 saturated carbocycles. The number of pyridine rings is 1. The fraction of sp³-hybridized carbons (Fsp3) is 0.444. The van der Waals surface area contributed by atoms with Crippen LogP contribution in [0, 0.1) is 0 Å². The molecule has 0 aliphatic carbocycles. The minimum Gasteiger partial charge on any atom is -0.369 e. The van der Waals surface area contributed by atoms with Gasteiger partial charge in [-0.1, -0.05) is 6.07 Å². The molecular weight excluding hydrogens is 207 g/mol. The third kappa shape index (κ3) is 3.75. The first kappa shape index (κ1) is 11.8. The van der Waals surface area contributed by atoms with Crippen molar-refractivity contribution in [1.29, 1.82) is 0 Å². The first-order chi connectivity index (χ1) is 6.89. The molecule has 1 heterocycles. The van der Waals surface area contributed by atoms with Crippen LogP contribution in [0.5, 0.6) is 0 Å². The van der Waals surface area contributed by atoms with Gasteiger partial charge >= 0.3 is 6.18 Å². The highest BCUT2D eigenvalue weighted by Gasteiger charge is 2.32. The Balaban J connectivity index is 2.75. The average molecular weight is 219 g/mol. The Bertz CT molecular complexity index is 323. The van der Waals surface area contributed by atoms with Gasteiger partial charge in [0.15, 0.2) is 0 Å². The number of halogens is 3. The highest BCUT2D eigenvalue weighted by molar-refractivity contribution is 5.36. The second-order valence-electron chi connectivity index (χ2n) is 3.26. The number of nitrogens with one attached hydrogen (secondary N) is 1. The van der Waals surface area contributed by atoms with Gasteiger partial charge < -0.3 is 11.1 Å². The quantitative estimate of drug-likeness (QED) is 0.815. The summed E-state index contributed by atoms with van der Waals surface area (Å²) < 4.78 is 36.8. The summed E-state index contributed by atoms with van der Waals surface area (Å²) in [5.41, 5.74) is 4.55. The molecule has 0 aliphatic rings. The van der Waals surface area contributed by atoms with Gasteiger partial charge in [-0.3, -0.25) is 0 Å². The van der Waals surface area contributed by atoms with Crippen LogP contribution in [0.15, 0.2) is 18.2 Å². The van der Waals surface area contributed by atoms with E-state index in [-0.39, 0.29) is 11.9 Å². The van der Waals surface area contributed by atoms with Crippen LogP contribution < -0.4 is 11.1 Å². The first-order valence-electron chi connectivity index (χ1n) is 4.43. The number of hydrogen-bond acceptors (Lipinski definition) is 3. The van der Waals surface area contributed by atoms with Crippen molar-refractivity contribution >= 4 is 5.82 Å². The Morgan fingerprint density at radius 3 is 2.67 bits per heavy atom. The summed E-state index contributed by atoms with van der Waals surface area (Å²) >= 11 is 0. The van der Waals surface area contributed by atoms with Crippen molar-refractivity contribution in [3.63, 3.8) is 0 Å². The van der Waals surface area contributed by atoms with E-state index < -0.39 is 11.9 Å². The molecule has 1 rings (SSSR count). The topological polar surface area (TPSA) is 50.9 Å². The molecular formula is C9H12F3N3. The van der Waals surface area contributed by atoms with Gasteiger partial charge in [-0.15, -0.1) is 0 Å². The molecule has 1 aromatic heterocycles. The summed E-state index contributed by atoms with van der Waals surface area (Å²) in [6.45, 7) is 2.13. The predicted molar refractivity (Wildman–Crippen MR) is 51.4 cm³/mol.